The highest BCUT2D eigenvalue weighted by molar-refractivity contribution is 8.13. The van der Waals surface area contributed by atoms with Gasteiger partial charge in [-0.25, -0.2) is 0 Å². The van der Waals surface area contributed by atoms with Crippen molar-refractivity contribution in [3.63, 3.8) is 0 Å². The van der Waals surface area contributed by atoms with Crippen LogP contribution in [0.15, 0.2) is 4.99 Å². The molecule has 0 bridgehead atoms. The Bertz CT molecular complexity index is 264. The molecule has 0 aromatic heterocycles. The molecule has 0 aromatic rings. The lowest BCUT2D eigenvalue weighted by Crippen LogP contribution is -2.36. The van der Waals surface area contributed by atoms with Gasteiger partial charge in [-0.05, 0) is 16.7 Å². The summed E-state index contributed by atoms with van der Waals surface area (Å²) in [5.41, 5.74) is 0.734. The van der Waals surface area contributed by atoms with Gasteiger partial charge >= 0.3 is 0 Å². The Morgan fingerprint density at radius 3 is 2.50 bits per heavy atom. The largest absolute Gasteiger partial charge is 0.365 e. The van der Waals surface area contributed by atoms with Crippen LogP contribution in [0.3, 0.4) is 0 Å². The number of nitrogens with zero attached hydrogens (tertiary/aromatic N) is 1. The van der Waals surface area contributed by atoms with Gasteiger partial charge in [-0.1, -0.05) is 53.3 Å². The van der Waals surface area contributed by atoms with E-state index in [9.17, 15) is 0 Å². The second-order valence-corrected chi connectivity index (χ2v) is 7.69. The summed E-state index contributed by atoms with van der Waals surface area (Å²) in [6.07, 6.45) is 0. The highest BCUT2D eigenvalue weighted by Crippen LogP contribution is 2.28. The van der Waals surface area contributed by atoms with Gasteiger partial charge in [0, 0.05) is 18.8 Å². The molecule has 94 valence electrons. The minimum atomic E-state index is 0.367. The van der Waals surface area contributed by atoms with Crippen LogP contribution in [0.25, 0.3) is 0 Å². The summed E-state index contributed by atoms with van der Waals surface area (Å²) in [4.78, 5) is 4.60. The van der Waals surface area contributed by atoms with Crippen molar-refractivity contribution < 1.29 is 0 Å². The van der Waals surface area contributed by atoms with Crippen molar-refractivity contribution in [3.8, 4) is 0 Å². The standard InChI is InChI=1S/C13H26N2S/c1-10(12(2,3)4)7-14-11-15-8-13(5,6)9-16-11/h10H,7-9H2,1-6H3,(H,14,15). The van der Waals surface area contributed by atoms with Crippen molar-refractivity contribution in [1.82, 2.24) is 5.32 Å². The normalized spacial score (nSPS) is 22.5. The maximum Gasteiger partial charge on any atom is 0.156 e. The summed E-state index contributed by atoms with van der Waals surface area (Å²) >= 11 is 1.86. The molecule has 3 heteroatoms. The molecule has 1 aliphatic rings. The van der Waals surface area contributed by atoms with Crippen molar-refractivity contribution in [2.75, 3.05) is 18.8 Å². The Morgan fingerprint density at radius 2 is 2.06 bits per heavy atom. The summed E-state index contributed by atoms with van der Waals surface area (Å²) in [6.45, 7) is 15.7. The summed E-state index contributed by atoms with van der Waals surface area (Å²) in [5, 5.41) is 4.61. The van der Waals surface area contributed by atoms with Crippen molar-refractivity contribution in [1.29, 1.82) is 0 Å². The van der Waals surface area contributed by atoms with E-state index in [1.54, 1.807) is 0 Å². The highest BCUT2D eigenvalue weighted by Gasteiger charge is 2.24. The molecule has 0 aromatic carbocycles. The van der Waals surface area contributed by atoms with Crippen molar-refractivity contribution in [2.24, 2.45) is 21.7 Å². The molecule has 0 fully saturated rings. The van der Waals surface area contributed by atoms with Crippen LogP contribution in [0.2, 0.25) is 0 Å². The van der Waals surface area contributed by atoms with Crippen molar-refractivity contribution >= 4 is 16.9 Å². The summed E-state index contributed by atoms with van der Waals surface area (Å²) in [6, 6.07) is 0. The Hall–Kier alpha value is -0.180. The predicted molar refractivity (Wildman–Crippen MR) is 75.2 cm³/mol. The maximum atomic E-state index is 4.60. The fraction of sp³-hybridized carbons (Fsp3) is 0.923. The lowest BCUT2D eigenvalue weighted by Gasteiger charge is -2.30. The van der Waals surface area contributed by atoms with E-state index in [4.69, 9.17) is 0 Å². The Labute approximate surface area is 105 Å². The monoisotopic (exact) mass is 242 g/mol. The van der Waals surface area contributed by atoms with E-state index in [2.05, 4.69) is 51.9 Å². The number of nitrogens with one attached hydrogen (secondary N) is 1. The SMILES string of the molecule is CC(CNC1=NCC(C)(C)CS1)C(C)(C)C. The number of hydrogen-bond acceptors (Lipinski definition) is 3. The summed E-state index contributed by atoms with van der Waals surface area (Å²) < 4.78 is 0. The molecule has 1 heterocycles. The fourth-order valence-corrected chi connectivity index (χ4v) is 2.25. The minimum Gasteiger partial charge on any atom is -0.365 e. The number of rotatable bonds is 2. The molecule has 0 amide bonds. The average Bonchev–Trinajstić information content (AvgIpc) is 2.14. The maximum absolute atomic E-state index is 4.60. The lowest BCUT2D eigenvalue weighted by molar-refractivity contribution is 0.262. The number of hydrogen-bond donors (Lipinski definition) is 1. The Morgan fingerprint density at radius 1 is 1.44 bits per heavy atom. The van der Waals surface area contributed by atoms with Gasteiger partial charge in [0.1, 0.15) is 0 Å². The van der Waals surface area contributed by atoms with E-state index < -0.39 is 0 Å². The topological polar surface area (TPSA) is 24.4 Å². The summed E-state index contributed by atoms with van der Waals surface area (Å²) in [7, 11) is 0. The van der Waals surface area contributed by atoms with Gasteiger partial charge in [-0.3, -0.25) is 4.99 Å². The fourth-order valence-electron chi connectivity index (χ4n) is 1.29. The molecule has 0 aliphatic carbocycles. The van der Waals surface area contributed by atoms with E-state index in [1.807, 2.05) is 11.8 Å². The van der Waals surface area contributed by atoms with Gasteiger partial charge < -0.3 is 5.32 Å². The van der Waals surface area contributed by atoms with Gasteiger partial charge in [0.2, 0.25) is 0 Å². The second kappa shape index (κ2) is 4.99. The first kappa shape index (κ1) is 13.9. The van der Waals surface area contributed by atoms with Gasteiger partial charge in [0.25, 0.3) is 0 Å². The number of aliphatic imine (C=N–C) groups is 1. The molecule has 2 nitrogen and oxygen atoms in total. The van der Waals surface area contributed by atoms with Crippen LogP contribution in [0, 0.1) is 16.7 Å². The molecule has 0 spiro atoms. The molecule has 0 saturated heterocycles. The molecule has 16 heavy (non-hydrogen) atoms. The van der Waals surface area contributed by atoms with Crippen molar-refractivity contribution in [2.45, 2.75) is 41.5 Å². The quantitative estimate of drug-likeness (QED) is 0.802. The second-order valence-electron chi connectivity index (χ2n) is 6.72. The van der Waals surface area contributed by atoms with Crippen LogP contribution < -0.4 is 5.32 Å². The van der Waals surface area contributed by atoms with E-state index in [0.717, 1.165) is 18.3 Å². The third-order valence-corrected chi connectivity index (χ3v) is 4.76. The number of amidine groups is 1. The zero-order chi connectivity index (χ0) is 12.4. The van der Waals surface area contributed by atoms with Gasteiger partial charge in [0.15, 0.2) is 5.17 Å². The Kier molecular flexibility index (Phi) is 4.33. The van der Waals surface area contributed by atoms with Gasteiger partial charge in [-0.2, -0.15) is 0 Å². The third-order valence-electron chi connectivity index (χ3n) is 3.29. The molecule has 0 radical (unpaired) electrons. The zero-order valence-corrected chi connectivity index (χ0v) is 12.4. The highest BCUT2D eigenvalue weighted by atomic mass is 32.2. The molecule has 1 rings (SSSR count). The molecular weight excluding hydrogens is 216 g/mol. The third kappa shape index (κ3) is 4.36. The predicted octanol–water partition coefficient (Wildman–Crippen LogP) is 3.39. The molecule has 1 N–H and O–H groups in total. The average molecular weight is 242 g/mol. The first-order valence-electron chi connectivity index (χ1n) is 6.12. The van der Waals surface area contributed by atoms with E-state index in [0.29, 0.717) is 16.7 Å². The first-order valence-corrected chi connectivity index (χ1v) is 7.10. The minimum absolute atomic E-state index is 0.367. The van der Waals surface area contributed by atoms with Crippen LogP contribution in [-0.4, -0.2) is 24.0 Å². The smallest absolute Gasteiger partial charge is 0.156 e. The lowest BCUT2D eigenvalue weighted by atomic mass is 9.82. The van der Waals surface area contributed by atoms with Crippen LogP contribution in [0.5, 0.6) is 0 Å². The van der Waals surface area contributed by atoms with Gasteiger partial charge in [0.05, 0.1) is 0 Å². The summed E-state index contributed by atoms with van der Waals surface area (Å²) in [5.74, 6) is 1.83. The van der Waals surface area contributed by atoms with Crippen LogP contribution in [0.1, 0.15) is 41.5 Å². The Balaban J connectivity index is 2.38. The van der Waals surface area contributed by atoms with Crippen LogP contribution >= 0.6 is 11.8 Å². The number of thioether (sulfide) groups is 1. The van der Waals surface area contributed by atoms with Gasteiger partial charge in [-0.15, -0.1) is 0 Å². The van der Waals surface area contributed by atoms with Crippen molar-refractivity contribution in [3.05, 3.63) is 0 Å². The first-order chi connectivity index (χ1) is 7.21. The van der Waals surface area contributed by atoms with Crippen LogP contribution in [0.4, 0.5) is 0 Å². The molecule has 1 aliphatic heterocycles. The molecular formula is C13H26N2S. The zero-order valence-electron chi connectivity index (χ0n) is 11.6. The van der Waals surface area contributed by atoms with E-state index in [1.165, 1.54) is 5.75 Å². The van der Waals surface area contributed by atoms with E-state index in [-0.39, 0.29) is 0 Å². The molecule has 1 atom stereocenters. The molecule has 0 saturated carbocycles. The van der Waals surface area contributed by atoms with E-state index >= 15 is 0 Å². The molecule has 1 unspecified atom stereocenters. The van der Waals surface area contributed by atoms with Crippen LogP contribution in [-0.2, 0) is 0 Å².